The molecule has 2 rings (SSSR count). The van der Waals surface area contributed by atoms with Gasteiger partial charge in [0.05, 0.1) is 17.5 Å². The first-order chi connectivity index (χ1) is 9.22. The lowest BCUT2D eigenvalue weighted by Gasteiger charge is -2.14. The average Bonchev–Trinajstić information content (AvgIpc) is 2.98. The number of nitrogens with zero attached hydrogens (tertiary/aromatic N) is 2. The molecule has 1 atom stereocenters. The van der Waals surface area contributed by atoms with E-state index in [1.807, 2.05) is 0 Å². The van der Waals surface area contributed by atoms with Crippen molar-refractivity contribution in [3.63, 3.8) is 0 Å². The van der Waals surface area contributed by atoms with E-state index in [0.29, 0.717) is 25.4 Å². The molecule has 20 heavy (non-hydrogen) atoms. The Bertz CT molecular complexity index is 560. The molecule has 0 bridgehead atoms. The lowest BCUT2D eigenvalue weighted by molar-refractivity contribution is 0.290. The summed E-state index contributed by atoms with van der Waals surface area (Å²) in [5, 5.41) is -0.343. The van der Waals surface area contributed by atoms with Crippen LogP contribution in [0.15, 0.2) is 10.7 Å². The summed E-state index contributed by atoms with van der Waals surface area (Å²) in [7, 11) is -1.72. The zero-order valence-electron chi connectivity index (χ0n) is 12.5. The molecule has 0 aliphatic carbocycles. The molecule has 7 heteroatoms. The van der Waals surface area contributed by atoms with Crippen molar-refractivity contribution >= 4 is 10.0 Å². The Morgan fingerprint density at radius 1 is 1.50 bits per heavy atom. The van der Waals surface area contributed by atoms with E-state index in [9.17, 15) is 8.42 Å². The predicted molar refractivity (Wildman–Crippen MR) is 76.9 cm³/mol. The van der Waals surface area contributed by atoms with Crippen LogP contribution in [-0.2, 0) is 22.0 Å². The number of sulfonamides is 1. The van der Waals surface area contributed by atoms with Crippen molar-refractivity contribution in [2.45, 2.75) is 44.4 Å². The van der Waals surface area contributed by atoms with Crippen LogP contribution in [0.3, 0.4) is 0 Å². The first-order valence-corrected chi connectivity index (χ1v) is 8.36. The van der Waals surface area contributed by atoms with E-state index in [0.717, 1.165) is 12.2 Å². The highest BCUT2D eigenvalue weighted by Gasteiger charge is 2.32. The van der Waals surface area contributed by atoms with Gasteiger partial charge in [0, 0.05) is 18.5 Å². The van der Waals surface area contributed by atoms with Crippen molar-refractivity contribution in [3.8, 4) is 0 Å². The maximum absolute atomic E-state index is 11.8. The fraction of sp³-hybridized carbons (Fsp3) is 0.769. The fourth-order valence-electron chi connectivity index (χ4n) is 2.28. The van der Waals surface area contributed by atoms with Gasteiger partial charge in [0.15, 0.2) is 0 Å². The average molecular weight is 301 g/mol. The molecular formula is C13H23N3O3S. The molecule has 1 fully saturated rings. The van der Waals surface area contributed by atoms with Gasteiger partial charge in [-0.15, -0.1) is 0 Å². The first-order valence-electron chi connectivity index (χ1n) is 6.82. The van der Waals surface area contributed by atoms with Crippen molar-refractivity contribution in [2.75, 3.05) is 20.1 Å². The molecule has 0 spiro atoms. The van der Waals surface area contributed by atoms with Gasteiger partial charge < -0.3 is 4.42 Å². The van der Waals surface area contributed by atoms with E-state index in [1.165, 1.54) is 7.05 Å². The van der Waals surface area contributed by atoms with Gasteiger partial charge in [0.25, 0.3) is 0 Å². The monoisotopic (exact) mass is 301 g/mol. The number of rotatable bonds is 4. The standard InChI is InChI=1S/C13H23N3O3S/c1-13(2,3)11-9-19-12(15-11)8-16-6-5-10(7-16)20(17,18)14-4/h9-10,14H,5-8H2,1-4H3. The maximum atomic E-state index is 11.8. The number of likely N-dealkylation sites (tertiary alicyclic amines) is 1. The molecule has 1 N–H and O–H groups in total. The van der Waals surface area contributed by atoms with Gasteiger partial charge in [-0.1, -0.05) is 20.8 Å². The summed E-state index contributed by atoms with van der Waals surface area (Å²) in [5.74, 6) is 0.650. The van der Waals surface area contributed by atoms with Crippen molar-refractivity contribution in [1.29, 1.82) is 0 Å². The zero-order chi connectivity index (χ0) is 15.0. The second-order valence-electron chi connectivity index (χ2n) is 6.27. The Labute approximate surface area is 120 Å². The van der Waals surface area contributed by atoms with E-state index in [1.54, 1.807) is 6.26 Å². The summed E-state index contributed by atoms with van der Waals surface area (Å²) in [5.41, 5.74) is 0.885. The van der Waals surface area contributed by atoms with Crippen LogP contribution < -0.4 is 4.72 Å². The van der Waals surface area contributed by atoms with Crippen LogP contribution in [0.1, 0.15) is 38.8 Å². The Morgan fingerprint density at radius 3 is 2.75 bits per heavy atom. The summed E-state index contributed by atoms with van der Waals surface area (Å²) in [6, 6.07) is 0. The van der Waals surface area contributed by atoms with Gasteiger partial charge in [-0.25, -0.2) is 18.1 Å². The summed E-state index contributed by atoms with van der Waals surface area (Å²) >= 11 is 0. The third-order valence-corrected chi connectivity index (χ3v) is 5.46. The van der Waals surface area contributed by atoms with Gasteiger partial charge in [-0.2, -0.15) is 0 Å². The molecule has 1 saturated heterocycles. The zero-order valence-corrected chi connectivity index (χ0v) is 13.3. The summed E-state index contributed by atoms with van der Waals surface area (Å²) in [6.07, 6.45) is 2.34. The van der Waals surface area contributed by atoms with Crippen LogP contribution in [0.4, 0.5) is 0 Å². The third-order valence-electron chi connectivity index (χ3n) is 3.63. The second-order valence-corrected chi connectivity index (χ2v) is 8.44. The number of hydrogen-bond acceptors (Lipinski definition) is 5. The van der Waals surface area contributed by atoms with Crippen molar-refractivity contribution in [1.82, 2.24) is 14.6 Å². The van der Waals surface area contributed by atoms with E-state index < -0.39 is 10.0 Å². The Morgan fingerprint density at radius 2 is 2.20 bits per heavy atom. The van der Waals surface area contributed by atoms with Crippen LogP contribution in [-0.4, -0.2) is 43.7 Å². The Kier molecular flexibility index (Phi) is 4.22. The molecule has 1 aromatic heterocycles. The molecule has 0 amide bonds. The van der Waals surface area contributed by atoms with Crippen LogP contribution in [0.2, 0.25) is 0 Å². The van der Waals surface area contributed by atoms with Crippen molar-refractivity contribution < 1.29 is 12.8 Å². The molecular weight excluding hydrogens is 278 g/mol. The Hall–Kier alpha value is -0.920. The molecule has 1 aliphatic heterocycles. The van der Waals surface area contributed by atoms with Gasteiger partial charge in [-0.05, 0) is 13.5 Å². The topological polar surface area (TPSA) is 75.4 Å². The number of nitrogens with one attached hydrogen (secondary N) is 1. The van der Waals surface area contributed by atoms with Gasteiger partial charge in [-0.3, -0.25) is 4.90 Å². The van der Waals surface area contributed by atoms with Crippen LogP contribution in [0.5, 0.6) is 0 Å². The highest BCUT2D eigenvalue weighted by Crippen LogP contribution is 2.23. The minimum atomic E-state index is -3.18. The molecule has 1 unspecified atom stereocenters. The molecule has 0 aromatic carbocycles. The largest absolute Gasteiger partial charge is 0.447 e. The lowest BCUT2D eigenvalue weighted by atomic mass is 9.93. The highest BCUT2D eigenvalue weighted by atomic mass is 32.2. The first kappa shape index (κ1) is 15.5. The Balaban J connectivity index is 1.98. The van der Waals surface area contributed by atoms with Crippen molar-refractivity contribution in [3.05, 3.63) is 17.8 Å². The normalized spacial score (nSPS) is 21.5. The van der Waals surface area contributed by atoms with Crippen LogP contribution >= 0.6 is 0 Å². The number of aromatic nitrogens is 1. The molecule has 2 heterocycles. The number of hydrogen-bond donors (Lipinski definition) is 1. The highest BCUT2D eigenvalue weighted by molar-refractivity contribution is 7.90. The lowest BCUT2D eigenvalue weighted by Crippen LogP contribution is -2.34. The van der Waals surface area contributed by atoms with Gasteiger partial charge in [0.1, 0.15) is 6.26 Å². The van der Waals surface area contributed by atoms with E-state index in [2.05, 4.69) is 35.4 Å². The van der Waals surface area contributed by atoms with Gasteiger partial charge >= 0.3 is 0 Å². The molecule has 6 nitrogen and oxygen atoms in total. The summed E-state index contributed by atoms with van der Waals surface area (Å²) < 4.78 is 31.4. The molecule has 0 saturated carbocycles. The molecule has 0 radical (unpaired) electrons. The fourth-order valence-corrected chi connectivity index (χ4v) is 3.44. The van der Waals surface area contributed by atoms with Gasteiger partial charge in [0.2, 0.25) is 15.9 Å². The minimum Gasteiger partial charge on any atom is -0.447 e. The van der Waals surface area contributed by atoms with Crippen LogP contribution in [0, 0.1) is 0 Å². The predicted octanol–water partition coefficient (Wildman–Crippen LogP) is 1.10. The SMILES string of the molecule is CNS(=O)(=O)C1CCN(Cc2nc(C(C)(C)C)co2)C1. The molecule has 1 aromatic rings. The van der Waals surface area contributed by atoms with Crippen LogP contribution in [0.25, 0.3) is 0 Å². The van der Waals surface area contributed by atoms with E-state index in [4.69, 9.17) is 4.42 Å². The van der Waals surface area contributed by atoms with E-state index in [-0.39, 0.29) is 10.7 Å². The second kappa shape index (κ2) is 5.46. The van der Waals surface area contributed by atoms with Crippen molar-refractivity contribution in [2.24, 2.45) is 0 Å². The number of oxazole rings is 1. The minimum absolute atomic E-state index is 0.0369. The van der Waals surface area contributed by atoms with E-state index >= 15 is 0 Å². The maximum Gasteiger partial charge on any atom is 0.215 e. The summed E-state index contributed by atoms with van der Waals surface area (Å²) in [6.45, 7) is 8.08. The smallest absolute Gasteiger partial charge is 0.215 e. The third kappa shape index (κ3) is 3.39. The molecule has 1 aliphatic rings. The molecule has 114 valence electrons. The summed E-state index contributed by atoms with van der Waals surface area (Å²) in [4.78, 5) is 6.55. The quantitative estimate of drug-likeness (QED) is 0.901.